The summed E-state index contributed by atoms with van der Waals surface area (Å²) in [6, 6.07) is 24.2. The number of halogens is 2. The highest BCUT2D eigenvalue weighted by Crippen LogP contribution is 2.47. The minimum atomic E-state index is -0.849. The van der Waals surface area contributed by atoms with Gasteiger partial charge in [-0.3, -0.25) is 14.4 Å². The third kappa shape index (κ3) is 13.1. The van der Waals surface area contributed by atoms with Gasteiger partial charge < -0.3 is 44.5 Å². The average molecular weight is 904 g/mol. The van der Waals surface area contributed by atoms with E-state index in [1.165, 1.54) is 23.5 Å². The molecule has 3 amide bonds. The zero-order valence-corrected chi connectivity index (χ0v) is 37.9. The van der Waals surface area contributed by atoms with Crippen LogP contribution in [-0.2, 0) is 23.9 Å². The van der Waals surface area contributed by atoms with E-state index >= 15 is 0 Å². The lowest BCUT2D eigenvalue weighted by atomic mass is 9.85. The first-order valence-electron chi connectivity index (χ1n) is 21.1. The van der Waals surface area contributed by atoms with Gasteiger partial charge in [-0.1, -0.05) is 56.6 Å². The smallest absolute Gasteiger partial charge is 0.246 e. The SMILES string of the molecule is C[C@H](NC(=O)[C@@H]1CCCN1C(=O)C(NC(=O)COCCOCCN(C)CCOc1ccc(Oc2c(-c3ccc(F)cc3)sc3cc(O)ccc23)cc1)C(C)(C)C)c1ccc(Cl)cc1. The number of amides is 3. The van der Waals surface area contributed by atoms with Crippen LogP contribution < -0.4 is 20.1 Å². The fourth-order valence-corrected chi connectivity index (χ4v) is 8.47. The Hall–Kier alpha value is -5.25. The molecule has 4 aromatic carbocycles. The molecule has 3 N–H and O–H groups in total. The molecule has 2 heterocycles. The number of carbonyl (C=O) groups excluding carboxylic acids is 3. The third-order valence-corrected chi connectivity index (χ3v) is 12.2. The van der Waals surface area contributed by atoms with Crippen molar-refractivity contribution in [2.24, 2.45) is 5.41 Å². The molecule has 63 heavy (non-hydrogen) atoms. The van der Waals surface area contributed by atoms with Crippen LogP contribution >= 0.6 is 22.9 Å². The lowest BCUT2D eigenvalue weighted by Gasteiger charge is -2.35. The number of phenolic OH excluding ortho intramolecular Hbond substituents is 1. The van der Waals surface area contributed by atoms with Gasteiger partial charge in [-0.05, 0) is 110 Å². The van der Waals surface area contributed by atoms with Gasteiger partial charge in [-0.2, -0.15) is 0 Å². The van der Waals surface area contributed by atoms with Crippen molar-refractivity contribution in [1.82, 2.24) is 20.4 Å². The van der Waals surface area contributed by atoms with E-state index in [0.29, 0.717) is 74.6 Å². The third-order valence-electron chi connectivity index (χ3n) is 10.7. The van der Waals surface area contributed by atoms with E-state index < -0.39 is 23.4 Å². The van der Waals surface area contributed by atoms with Crippen LogP contribution in [0.2, 0.25) is 5.02 Å². The van der Waals surface area contributed by atoms with Crippen LogP contribution in [0.25, 0.3) is 20.5 Å². The molecule has 1 fully saturated rings. The minimum Gasteiger partial charge on any atom is -0.508 e. The predicted molar refractivity (Wildman–Crippen MR) is 244 cm³/mol. The molecule has 12 nitrogen and oxygen atoms in total. The number of nitrogens with zero attached hydrogens (tertiary/aromatic N) is 2. The molecule has 1 aliphatic heterocycles. The summed E-state index contributed by atoms with van der Waals surface area (Å²) in [4.78, 5) is 44.7. The summed E-state index contributed by atoms with van der Waals surface area (Å²) in [7, 11) is 1.97. The lowest BCUT2D eigenvalue weighted by Crippen LogP contribution is -2.58. The number of rotatable bonds is 20. The second kappa shape index (κ2) is 21.9. The number of hydrogen-bond acceptors (Lipinski definition) is 10. The van der Waals surface area contributed by atoms with Crippen LogP contribution in [0, 0.1) is 11.2 Å². The molecule has 1 unspecified atom stereocenters. The molecular weight excluding hydrogens is 847 g/mol. The molecule has 1 aromatic heterocycles. The number of phenols is 1. The maximum Gasteiger partial charge on any atom is 0.246 e. The number of carbonyl (C=O) groups is 3. The standard InChI is InChI=1S/C48H56ClFN4O8S/c1-31(32-8-12-34(49)13-9-32)51-46(57)40-7-6-22-54(40)47(58)45(48(2,3)4)52-42(56)30-60-28-27-59-25-23-53(5)24-26-61-37-17-19-38(20-18-37)62-43-39-21-16-36(55)29-41(39)63-44(43)33-10-14-35(50)15-11-33/h8-21,29,31,40,45,55H,6-7,22-28,30H2,1-5H3,(H,51,57)(H,52,56)/t31-,40-,45?/m0/s1. The van der Waals surface area contributed by atoms with Gasteiger partial charge >= 0.3 is 0 Å². The van der Waals surface area contributed by atoms with Crippen molar-refractivity contribution in [3.05, 3.63) is 107 Å². The molecule has 5 aromatic rings. The van der Waals surface area contributed by atoms with Crippen molar-refractivity contribution in [1.29, 1.82) is 0 Å². The molecule has 0 spiro atoms. The van der Waals surface area contributed by atoms with Crippen LogP contribution in [0.15, 0.2) is 91.0 Å². The van der Waals surface area contributed by atoms with Crippen molar-refractivity contribution in [2.45, 2.75) is 58.7 Å². The van der Waals surface area contributed by atoms with Crippen LogP contribution in [-0.4, -0.2) is 104 Å². The monoisotopic (exact) mass is 902 g/mol. The Labute approximate surface area is 377 Å². The molecule has 3 atom stereocenters. The van der Waals surface area contributed by atoms with Gasteiger partial charge in [0.05, 0.1) is 30.7 Å². The van der Waals surface area contributed by atoms with Gasteiger partial charge in [-0.15, -0.1) is 11.3 Å². The normalized spacial score (nSPS) is 15.0. The van der Waals surface area contributed by atoms with E-state index in [2.05, 4.69) is 15.5 Å². The first kappa shape index (κ1) is 47.2. The van der Waals surface area contributed by atoms with Crippen molar-refractivity contribution >= 4 is 50.7 Å². The number of likely N-dealkylation sites (tertiary alicyclic amines) is 1. The highest BCUT2D eigenvalue weighted by molar-refractivity contribution is 7.22. The summed E-state index contributed by atoms with van der Waals surface area (Å²) < 4.78 is 38.2. The Bertz CT molecular complexity index is 2300. The molecule has 1 saturated heterocycles. The number of aromatic hydroxyl groups is 1. The van der Waals surface area contributed by atoms with Crippen LogP contribution in [0.3, 0.4) is 0 Å². The highest BCUT2D eigenvalue weighted by atomic mass is 35.5. The topological polar surface area (TPSA) is 139 Å². The maximum absolute atomic E-state index is 13.9. The molecule has 6 rings (SSSR count). The number of thiophene rings is 1. The van der Waals surface area contributed by atoms with Crippen molar-refractivity contribution < 1.29 is 42.8 Å². The second-order valence-corrected chi connectivity index (χ2v) is 18.2. The Morgan fingerprint density at radius 2 is 1.59 bits per heavy atom. The maximum atomic E-state index is 13.9. The predicted octanol–water partition coefficient (Wildman–Crippen LogP) is 8.60. The first-order chi connectivity index (χ1) is 30.2. The van der Waals surface area contributed by atoms with Gasteiger partial charge in [0.15, 0.2) is 5.75 Å². The molecule has 0 aliphatic carbocycles. The molecule has 15 heteroatoms. The highest BCUT2D eigenvalue weighted by Gasteiger charge is 2.42. The average Bonchev–Trinajstić information content (AvgIpc) is 3.88. The van der Waals surface area contributed by atoms with E-state index in [1.54, 1.807) is 41.3 Å². The molecular formula is C48H56ClFN4O8S. The van der Waals surface area contributed by atoms with Gasteiger partial charge in [-0.25, -0.2) is 4.39 Å². The van der Waals surface area contributed by atoms with Gasteiger partial charge in [0, 0.05) is 34.7 Å². The number of likely N-dealkylation sites (N-methyl/N-ethyl adjacent to an activating group) is 1. The summed E-state index contributed by atoms with van der Waals surface area (Å²) in [6.07, 6.45) is 1.23. The van der Waals surface area contributed by atoms with Crippen LogP contribution in [0.4, 0.5) is 4.39 Å². The van der Waals surface area contributed by atoms with Gasteiger partial charge in [0.1, 0.15) is 48.4 Å². The zero-order chi connectivity index (χ0) is 45.1. The van der Waals surface area contributed by atoms with Crippen molar-refractivity contribution in [3.8, 4) is 33.4 Å². The summed E-state index contributed by atoms with van der Waals surface area (Å²) >= 11 is 7.48. The number of nitrogens with one attached hydrogen (secondary N) is 2. The number of ether oxygens (including phenoxy) is 4. The lowest BCUT2D eigenvalue weighted by molar-refractivity contribution is -0.144. The van der Waals surface area contributed by atoms with E-state index in [0.717, 1.165) is 26.1 Å². The number of fused-ring (bicyclic) bond motifs is 1. The molecule has 0 saturated carbocycles. The van der Waals surface area contributed by atoms with Crippen LogP contribution in [0.1, 0.15) is 52.1 Å². The Kier molecular flexibility index (Phi) is 16.4. The zero-order valence-electron chi connectivity index (χ0n) is 36.3. The molecule has 336 valence electrons. The fraction of sp³-hybridized carbons (Fsp3) is 0.396. The fourth-order valence-electron chi connectivity index (χ4n) is 7.18. The van der Waals surface area contributed by atoms with Crippen LogP contribution in [0.5, 0.6) is 23.0 Å². The first-order valence-corrected chi connectivity index (χ1v) is 22.3. The largest absolute Gasteiger partial charge is 0.508 e. The van der Waals surface area contributed by atoms with Gasteiger partial charge in [0.25, 0.3) is 0 Å². The summed E-state index contributed by atoms with van der Waals surface area (Å²) in [6.45, 7) is 10.5. The van der Waals surface area contributed by atoms with Crippen molar-refractivity contribution in [3.63, 3.8) is 0 Å². The summed E-state index contributed by atoms with van der Waals surface area (Å²) in [5, 5.41) is 17.4. The number of hydrogen-bond donors (Lipinski definition) is 3. The van der Waals surface area contributed by atoms with Gasteiger partial charge in [0.2, 0.25) is 17.7 Å². The quantitative estimate of drug-likeness (QED) is 0.0656. The Balaban J connectivity index is 0.868. The molecule has 0 bridgehead atoms. The summed E-state index contributed by atoms with van der Waals surface area (Å²) in [5.74, 6) is 0.823. The molecule has 1 aliphatic rings. The number of benzene rings is 4. The summed E-state index contributed by atoms with van der Waals surface area (Å²) in [5.41, 5.74) is 1.11. The van der Waals surface area contributed by atoms with E-state index in [4.69, 9.17) is 30.5 Å². The van der Waals surface area contributed by atoms with Crippen molar-refractivity contribution in [2.75, 3.05) is 59.7 Å². The second-order valence-electron chi connectivity index (χ2n) is 16.7. The Morgan fingerprint density at radius 1 is 0.905 bits per heavy atom. The Morgan fingerprint density at radius 3 is 2.30 bits per heavy atom. The van der Waals surface area contributed by atoms with E-state index in [-0.39, 0.29) is 42.6 Å². The van der Waals surface area contributed by atoms with E-state index in [9.17, 15) is 23.9 Å². The minimum absolute atomic E-state index is 0.158. The molecule has 0 radical (unpaired) electrons. The van der Waals surface area contributed by atoms with E-state index in [1.807, 2.05) is 77.2 Å².